The molecule has 338 valence electrons. The molecule has 0 bridgehead atoms. The molecule has 11 aromatic carbocycles. The lowest BCUT2D eigenvalue weighted by molar-refractivity contribution is 0.660. The van der Waals surface area contributed by atoms with Gasteiger partial charge in [0.25, 0.3) is 0 Å². The van der Waals surface area contributed by atoms with Crippen LogP contribution >= 0.6 is 0 Å². The van der Waals surface area contributed by atoms with E-state index in [0.29, 0.717) is 0 Å². The van der Waals surface area contributed by atoms with Gasteiger partial charge in [0.2, 0.25) is 0 Å². The topological polar surface area (TPSA) is 3.24 Å². The summed E-state index contributed by atoms with van der Waals surface area (Å²) in [6.07, 6.45) is 0. The van der Waals surface area contributed by atoms with Crippen LogP contribution in [0.2, 0.25) is 0 Å². The maximum absolute atomic E-state index is 2.61. The van der Waals surface area contributed by atoms with E-state index in [4.69, 9.17) is 0 Å². The van der Waals surface area contributed by atoms with Gasteiger partial charge < -0.3 is 4.90 Å². The van der Waals surface area contributed by atoms with Crippen molar-refractivity contribution in [1.29, 1.82) is 0 Å². The van der Waals surface area contributed by atoms with E-state index in [1.807, 2.05) is 0 Å². The standard InChI is InChI=1S/C71H49N/c1-69(2)60-33-17-12-32-55(60)59-44-58(46-22-6-3-7-23-46)68(45-65(59)69)72(49-38-40-56-53-30-13-18-34-61(53)70(66(56)42-49,47-24-8-4-9-25-47)48-26-10-5-11-27-48)50-39-41-57-54-31-16-21-37-64(54)71(67(57)43-50)62-35-19-14-28-51(62)52-29-15-20-36-63(52)71/h3-45H,1-2H3. The Morgan fingerprint density at radius 1 is 0.250 bits per heavy atom. The van der Waals surface area contributed by atoms with Crippen LogP contribution in [0.3, 0.4) is 0 Å². The largest absolute Gasteiger partial charge is 0.310 e. The van der Waals surface area contributed by atoms with Crippen molar-refractivity contribution in [2.24, 2.45) is 0 Å². The molecule has 1 heteroatoms. The van der Waals surface area contributed by atoms with Gasteiger partial charge in [0.15, 0.2) is 0 Å². The Hall–Kier alpha value is -8.78. The molecule has 0 aromatic heterocycles. The quantitative estimate of drug-likeness (QED) is 0.161. The second kappa shape index (κ2) is 15.1. The van der Waals surface area contributed by atoms with Crippen molar-refractivity contribution >= 4 is 17.1 Å². The Balaban J connectivity index is 1.06. The zero-order chi connectivity index (χ0) is 47.8. The predicted molar refractivity (Wildman–Crippen MR) is 298 cm³/mol. The first-order valence-corrected chi connectivity index (χ1v) is 25.4. The fourth-order valence-corrected chi connectivity index (χ4v) is 14.0. The molecule has 0 amide bonds. The van der Waals surface area contributed by atoms with Crippen molar-refractivity contribution in [3.63, 3.8) is 0 Å². The Bertz CT molecular complexity index is 3800. The van der Waals surface area contributed by atoms with Gasteiger partial charge in [0.05, 0.1) is 16.5 Å². The van der Waals surface area contributed by atoms with E-state index >= 15 is 0 Å². The maximum Gasteiger partial charge on any atom is 0.0726 e. The van der Waals surface area contributed by atoms with Crippen LogP contribution in [0.15, 0.2) is 261 Å². The van der Waals surface area contributed by atoms with Crippen molar-refractivity contribution in [2.75, 3.05) is 4.90 Å². The van der Waals surface area contributed by atoms with Crippen molar-refractivity contribution in [1.82, 2.24) is 0 Å². The third-order valence-corrected chi connectivity index (χ3v) is 17.0. The molecule has 4 aliphatic carbocycles. The second-order valence-corrected chi connectivity index (χ2v) is 20.7. The minimum absolute atomic E-state index is 0.224. The van der Waals surface area contributed by atoms with Gasteiger partial charge in [-0.15, -0.1) is 0 Å². The van der Waals surface area contributed by atoms with Gasteiger partial charge in [0.1, 0.15) is 0 Å². The molecule has 0 radical (unpaired) electrons. The van der Waals surface area contributed by atoms with Crippen LogP contribution in [0.25, 0.3) is 55.6 Å². The smallest absolute Gasteiger partial charge is 0.0726 e. The number of hydrogen-bond donors (Lipinski definition) is 0. The summed E-state index contributed by atoms with van der Waals surface area (Å²) in [6.45, 7) is 4.81. The molecule has 0 fully saturated rings. The van der Waals surface area contributed by atoms with Crippen LogP contribution in [-0.4, -0.2) is 0 Å². The molecule has 0 saturated carbocycles. The van der Waals surface area contributed by atoms with Gasteiger partial charge in [0, 0.05) is 22.4 Å². The highest BCUT2D eigenvalue weighted by Crippen LogP contribution is 2.64. The summed E-state index contributed by atoms with van der Waals surface area (Å²) in [5.41, 5.74) is 27.9. The van der Waals surface area contributed by atoms with E-state index in [-0.39, 0.29) is 5.41 Å². The zero-order valence-electron chi connectivity index (χ0n) is 40.3. The molecule has 0 saturated heterocycles. The first kappa shape index (κ1) is 41.0. The molecule has 0 atom stereocenters. The highest BCUT2D eigenvalue weighted by atomic mass is 15.1. The summed E-state index contributed by atoms with van der Waals surface area (Å²) in [6, 6.07) is 98.7. The second-order valence-electron chi connectivity index (χ2n) is 20.7. The van der Waals surface area contributed by atoms with E-state index in [0.717, 1.165) is 17.1 Å². The summed E-state index contributed by atoms with van der Waals surface area (Å²) < 4.78 is 0. The molecule has 0 unspecified atom stereocenters. The first-order chi connectivity index (χ1) is 35.5. The molecule has 0 N–H and O–H groups in total. The van der Waals surface area contributed by atoms with Crippen molar-refractivity contribution in [3.8, 4) is 55.6 Å². The summed E-state index contributed by atoms with van der Waals surface area (Å²) in [7, 11) is 0. The Labute approximate surface area is 422 Å². The molecular formula is C71H49N. The number of fused-ring (bicyclic) bond motifs is 16. The van der Waals surface area contributed by atoms with Crippen LogP contribution in [0.1, 0.15) is 69.5 Å². The molecule has 15 rings (SSSR count). The highest BCUT2D eigenvalue weighted by molar-refractivity contribution is 5.99. The summed E-state index contributed by atoms with van der Waals surface area (Å²) >= 11 is 0. The fourth-order valence-electron chi connectivity index (χ4n) is 14.0. The van der Waals surface area contributed by atoms with Gasteiger partial charge in [-0.05, 0) is 142 Å². The van der Waals surface area contributed by atoms with E-state index < -0.39 is 10.8 Å². The van der Waals surface area contributed by atoms with E-state index in [1.165, 1.54) is 111 Å². The lowest BCUT2D eigenvalue weighted by Crippen LogP contribution is -2.28. The predicted octanol–water partition coefficient (Wildman–Crippen LogP) is 17.8. The van der Waals surface area contributed by atoms with E-state index in [2.05, 4.69) is 280 Å². The average Bonchev–Trinajstić information content (AvgIpc) is 4.10. The van der Waals surface area contributed by atoms with Gasteiger partial charge in [-0.3, -0.25) is 0 Å². The fraction of sp³-hybridized carbons (Fsp3) is 0.0704. The number of nitrogens with zero attached hydrogens (tertiary/aromatic N) is 1. The van der Waals surface area contributed by atoms with Gasteiger partial charge in [-0.25, -0.2) is 0 Å². The lowest BCUT2D eigenvalue weighted by Gasteiger charge is -2.36. The molecule has 4 aliphatic rings. The minimum Gasteiger partial charge on any atom is -0.310 e. The normalized spacial score (nSPS) is 14.9. The molecular weight excluding hydrogens is 867 g/mol. The SMILES string of the molecule is CC1(C)c2ccccc2-c2cc(-c3ccccc3)c(N(c3ccc4c(c3)C(c3ccccc3)(c3ccccc3)c3ccccc3-4)c3ccc4c(c3)C3(c5ccccc5-c5ccccc53)c3ccccc3-4)cc21. The maximum atomic E-state index is 2.61. The third-order valence-electron chi connectivity index (χ3n) is 17.0. The summed E-state index contributed by atoms with van der Waals surface area (Å²) in [5, 5.41) is 0. The van der Waals surface area contributed by atoms with Crippen molar-refractivity contribution < 1.29 is 0 Å². The number of rotatable bonds is 6. The summed E-state index contributed by atoms with van der Waals surface area (Å²) in [5.74, 6) is 0. The summed E-state index contributed by atoms with van der Waals surface area (Å²) in [4.78, 5) is 2.61. The number of benzene rings is 11. The minimum atomic E-state index is -0.569. The van der Waals surface area contributed by atoms with E-state index in [1.54, 1.807) is 0 Å². The lowest BCUT2D eigenvalue weighted by atomic mass is 9.67. The molecule has 72 heavy (non-hydrogen) atoms. The molecule has 11 aromatic rings. The zero-order valence-corrected chi connectivity index (χ0v) is 40.3. The van der Waals surface area contributed by atoms with Crippen LogP contribution in [0.5, 0.6) is 0 Å². The Morgan fingerprint density at radius 3 is 1.08 bits per heavy atom. The Kier molecular flexibility index (Phi) is 8.62. The van der Waals surface area contributed by atoms with Crippen LogP contribution in [0.4, 0.5) is 17.1 Å². The van der Waals surface area contributed by atoms with Gasteiger partial charge >= 0.3 is 0 Å². The first-order valence-electron chi connectivity index (χ1n) is 25.4. The molecule has 1 spiro atoms. The van der Waals surface area contributed by atoms with Gasteiger partial charge in [-0.1, -0.05) is 238 Å². The third kappa shape index (κ3) is 5.32. The average molecular weight is 916 g/mol. The molecule has 0 aliphatic heterocycles. The van der Waals surface area contributed by atoms with Crippen molar-refractivity contribution in [3.05, 3.63) is 316 Å². The molecule has 1 nitrogen and oxygen atoms in total. The number of hydrogen-bond acceptors (Lipinski definition) is 1. The van der Waals surface area contributed by atoms with Crippen LogP contribution in [-0.2, 0) is 16.2 Å². The monoisotopic (exact) mass is 915 g/mol. The highest BCUT2D eigenvalue weighted by Gasteiger charge is 2.52. The molecule has 0 heterocycles. The van der Waals surface area contributed by atoms with E-state index in [9.17, 15) is 0 Å². The number of anilines is 3. The van der Waals surface area contributed by atoms with Crippen LogP contribution < -0.4 is 4.90 Å². The van der Waals surface area contributed by atoms with Gasteiger partial charge in [-0.2, -0.15) is 0 Å². The van der Waals surface area contributed by atoms with Crippen LogP contribution in [0, 0.1) is 0 Å². The van der Waals surface area contributed by atoms with Crippen molar-refractivity contribution in [2.45, 2.75) is 30.1 Å². The Morgan fingerprint density at radius 2 is 0.611 bits per heavy atom.